The molecule has 0 saturated carbocycles. The normalized spacial score (nSPS) is 17.8. The Morgan fingerprint density at radius 1 is 1.18 bits per heavy atom. The second-order valence-corrected chi connectivity index (χ2v) is 10.4. The lowest BCUT2D eigenvalue weighted by atomic mass is 10.0. The summed E-state index contributed by atoms with van der Waals surface area (Å²) < 4.78 is 36.7. The third-order valence-corrected chi connectivity index (χ3v) is 7.53. The molecule has 1 aliphatic heterocycles. The lowest BCUT2D eigenvalue weighted by Crippen LogP contribution is -2.20. The number of carbonyl (C=O) groups excluding carboxylic acids is 1. The summed E-state index contributed by atoms with van der Waals surface area (Å²) in [6, 6.07) is 12.4. The molecule has 0 aliphatic carbocycles. The summed E-state index contributed by atoms with van der Waals surface area (Å²) in [6.07, 6.45) is -0.826. The number of aromatic nitrogens is 3. The van der Waals surface area contributed by atoms with E-state index in [9.17, 15) is 13.6 Å². The lowest BCUT2D eigenvalue weighted by molar-refractivity contribution is -0.147. The molecule has 180 valence electrons. The van der Waals surface area contributed by atoms with Gasteiger partial charge in [-0.05, 0) is 49.2 Å². The number of rotatable bonds is 6. The molecule has 34 heavy (non-hydrogen) atoms. The fourth-order valence-electron chi connectivity index (χ4n) is 3.91. The van der Waals surface area contributed by atoms with Crippen molar-refractivity contribution in [1.29, 1.82) is 0 Å². The molecule has 1 aromatic heterocycles. The van der Waals surface area contributed by atoms with E-state index in [-0.39, 0.29) is 18.3 Å². The van der Waals surface area contributed by atoms with E-state index in [1.807, 2.05) is 18.2 Å². The van der Waals surface area contributed by atoms with E-state index in [0.717, 1.165) is 5.56 Å². The SMILES string of the molecule is CCC(F)(F)c1nnc2n1-c1ccc(Cl)cc1C(c1ccccc1Cl)S[C@@H]2CC(=O)OC(C)C. The largest absolute Gasteiger partial charge is 0.463 e. The maximum atomic E-state index is 15.0. The van der Waals surface area contributed by atoms with E-state index in [4.69, 9.17) is 27.9 Å². The van der Waals surface area contributed by atoms with Crippen molar-refractivity contribution in [3.05, 3.63) is 75.3 Å². The van der Waals surface area contributed by atoms with Gasteiger partial charge in [0.25, 0.3) is 0 Å². The fraction of sp³-hybridized carbons (Fsp3) is 0.375. The van der Waals surface area contributed by atoms with E-state index in [1.54, 1.807) is 38.1 Å². The smallest absolute Gasteiger partial charge is 0.307 e. The van der Waals surface area contributed by atoms with Crippen molar-refractivity contribution >= 4 is 40.9 Å². The van der Waals surface area contributed by atoms with Crippen molar-refractivity contribution < 1.29 is 18.3 Å². The van der Waals surface area contributed by atoms with Crippen LogP contribution in [0.2, 0.25) is 10.0 Å². The monoisotopic (exact) mass is 525 g/mol. The second-order valence-electron chi connectivity index (χ2n) is 8.25. The van der Waals surface area contributed by atoms with Gasteiger partial charge in [0.2, 0.25) is 5.82 Å². The molecular weight excluding hydrogens is 503 g/mol. The topological polar surface area (TPSA) is 57.0 Å². The molecule has 10 heteroatoms. The van der Waals surface area contributed by atoms with Crippen molar-refractivity contribution in [1.82, 2.24) is 14.8 Å². The molecule has 2 heterocycles. The highest BCUT2D eigenvalue weighted by atomic mass is 35.5. The van der Waals surface area contributed by atoms with E-state index in [0.29, 0.717) is 21.3 Å². The number of hydrogen-bond acceptors (Lipinski definition) is 5. The highest BCUT2D eigenvalue weighted by Gasteiger charge is 2.42. The van der Waals surface area contributed by atoms with Gasteiger partial charge in [0.05, 0.1) is 28.7 Å². The maximum Gasteiger partial charge on any atom is 0.307 e. The van der Waals surface area contributed by atoms with E-state index >= 15 is 0 Å². The molecule has 0 bridgehead atoms. The molecule has 1 aliphatic rings. The molecule has 2 atom stereocenters. The molecule has 0 amide bonds. The number of ether oxygens (including phenoxy) is 1. The third kappa shape index (κ3) is 4.81. The minimum Gasteiger partial charge on any atom is -0.463 e. The number of hydrogen-bond donors (Lipinski definition) is 0. The van der Waals surface area contributed by atoms with Crippen LogP contribution in [0.25, 0.3) is 5.69 Å². The summed E-state index contributed by atoms with van der Waals surface area (Å²) in [7, 11) is 0. The van der Waals surface area contributed by atoms with E-state index in [1.165, 1.54) is 23.3 Å². The van der Waals surface area contributed by atoms with Crippen molar-refractivity contribution in [3.8, 4) is 5.69 Å². The molecule has 1 unspecified atom stereocenters. The predicted octanol–water partition coefficient (Wildman–Crippen LogP) is 7.29. The van der Waals surface area contributed by atoms with Crippen LogP contribution in [0.15, 0.2) is 42.5 Å². The van der Waals surface area contributed by atoms with Crippen LogP contribution in [0.1, 0.15) is 66.9 Å². The summed E-state index contributed by atoms with van der Waals surface area (Å²) in [5, 5.41) is 7.98. The van der Waals surface area contributed by atoms with Crippen LogP contribution >= 0.6 is 35.0 Å². The Hall–Kier alpha value is -2.16. The molecule has 3 aromatic rings. The molecule has 5 nitrogen and oxygen atoms in total. The number of carbonyl (C=O) groups is 1. The highest BCUT2D eigenvalue weighted by Crippen LogP contribution is 2.53. The number of nitrogens with zero attached hydrogens (tertiary/aromatic N) is 3. The van der Waals surface area contributed by atoms with Crippen molar-refractivity contribution in [2.75, 3.05) is 0 Å². The van der Waals surface area contributed by atoms with Crippen LogP contribution in [0, 0.1) is 0 Å². The first-order chi connectivity index (χ1) is 16.1. The summed E-state index contributed by atoms with van der Waals surface area (Å²) in [6.45, 7) is 4.90. The molecule has 0 fully saturated rings. The van der Waals surface area contributed by atoms with Gasteiger partial charge < -0.3 is 4.74 Å². The average Bonchev–Trinajstić information content (AvgIpc) is 3.18. The van der Waals surface area contributed by atoms with Crippen LogP contribution in [0.4, 0.5) is 8.78 Å². The standard InChI is InChI=1S/C24H23Cl2F2N3O2S/c1-4-24(27,28)23-30-29-22-19(12-20(32)33-13(2)3)34-21(15-7-5-6-8-17(15)26)16-11-14(25)9-10-18(16)31(22)23/h5-11,13,19,21H,4,12H2,1-3H3/t19-,21?/m1/s1. The number of halogens is 4. The molecule has 4 rings (SSSR count). The average molecular weight is 526 g/mol. The summed E-state index contributed by atoms with van der Waals surface area (Å²) >= 11 is 14.3. The zero-order chi connectivity index (χ0) is 24.6. The van der Waals surface area contributed by atoms with Crippen LogP contribution in [0.5, 0.6) is 0 Å². The minimum atomic E-state index is -3.22. The summed E-state index contributed by atoms with van der Waals surface area (Å²) in [5.41, 5.74) is 1.94. The molecule has 2 aromatic carbocycles. The molecule has 0 saturated heterocycles. The molecule has 0 radical (unpaired) electrons. The van der Waals surface area contributed by atoms with Gasteiger partial charge in [0.15, 0.2) is 5.82 Å². The van der Waals surface area contributed by atoms with Gasteiger partial charge in [-0.25, -0.2) is 0 Å². The van der Waals surface area contributed by atoms with Gasteiger partial charge in [-0.1, -0.05) is 48.3 Å². The lowest BCUT2D eigenvalue weighted by Gasteiger charge is -2.22. The number of benzene rings is 2. The van der Waals surface area contributed by atoms with Gasteiger partial charge >= 0.3 is 11.9 Å². The second kappa shape index (κ2) is 9.84. The van der Waals surface area contributed by atoms with Crippen LogP contribution in [0.3, 0.4) is 0 Å². The number of alkyl halides is 2. The van der Waals surface area contributed by atoms with E-state index in [2.05, 4.69) is 10.2 Å². The quantitative estimate of drug-likeness (QED) is 0.316. The Morgan fingerprint density at radius 3 is 2.59 bits per heavy atom. The minimum absolute atomic E-state index is 0.0681. The van der Waals surface area contributed by atoms with Gasteiger partial charge in [-0.2, -0.15) is 8.78 Å². The molecular formula is C24H23Cl2F2N3O2S. The Labute approximate surface area is 210 Å². The first-order valence-electron chi connectivity index (χ1n) is 10.8. The Bertz CT molecular complexity index is 1220. The Balaban J connectivity index is 1.96. The first-order valence-corrected chi connectivity index (χ1v) is 12.5. The van der Waals surface area contributed by atoms with Gasteiger partial charge in [0.1, 0.15) is 0 Å². The molecule has 0 spiro atoms. The third-order valence-electron chi connectivity index (χ3n) is 5.47. The van der Waals surface area contributed by atoms with Crippen LogP contribution in [-0.4, -0.2) is 26.8 Å². The van der Waals surface area contributed by atoms with Crippen molar-refractivity contribution in [2.24, 2.45) is 0 Å². The van der Waals surface area contributed by atoms with Gasteiger partial charge in [-0.15, -0.1) is 22.0 Å². The number of thioether (sulfide) groups is 1. The Morgan fingerprint density at radius 2 is 1.91 bits per heavy atom. The van der Waals surface area contributed by atoms with Crippen molar-refractivity contribution in [3.63, 3.8) is 0 Å². The Kier molecular flexibility index (Phi) is 7.22. The van der Waals surface area contributed by atoms with Gasteiger partial charge in [-0.3, -0.25) is 9.36 Å². The number of fused-ring (bicyclic) bond motifs is 3. The van der Waals surface area contributed by atoms with Crippen LogP contribution < -0.4 is 0 Å². The highest BCUT2D eigenvalue weighted by molar-refractivity contribution is 8.00. The zero-order valence-corrected chi connectivity index (χ0v) is 21.1. The van der Waals surface area contributed by atoms with Crippen molar-refractivity contribution in [2.45, 2.75) is 56.1 Å². The summed E-state index contributed by atoms with van der Waals surface area (Å²) in [5.74, 6) is -3.89. The van der Waals surface area contributed by atoms with E-state index < -0.39 is 34.6 Å². The summed E-state index contributed by atoms with van der Waals surface area (Å²) in [4.78, 5) is 12.7. The van der Waals surface area contributed by atoms with Gasteiger partial charge in [0, 0.05) is 16.5 Å². The number of esters is 1. The zero-order valence-electron chi connectivity index (χ0n) is 18.8. The first kappa shape index (κ1) is 24.9. The molecule has 0 N–H and O–H groups in total. The maximum absolute atomic E-state index is 15.0. The van der Waals surface area contributed by atoms with Crippen LogP contribution in [-0.2, 0) is 15.5 Å². The fourth-order valence-corrected chi connectivity index (χ4v) is 5.92. The predicted molar refractivity (Wildman–Crippen MR) is 130 cm³/mol.